The molecule has 0 bridgehead atoms. The van der Waals surface area contributed by atoms with Crippen LogP contribution in [-0.4, -0.2) is 57.4 Å². The number of para-hydroxylation sites is 2. The molecular formula is C24H33FIN3O3. The number of hydrogen-bond acceptors (Lipinski definition) is 4. The number of ether oxygens (including phenoxy) is 3. The zero-order valence-electron chi connectivity index (χ0n) is 18.8. The molecule has 2 aromatic rings. The van der Waals surface area contributed by atoms with Crippen LogP contribution >= 0.6 is 24.0 Å². The second-order valence-corrected chi connectivity index (χ2v) is 7.44. The Labute approximate surface area is 207 Å². The van der Waals surface area contributed by atoms with Crippen molar-refractivity contribution < 1.29 is 18.6 Å². The van der Waals surface area contributed by atoms with Gasteiger partial charge in [0.1, 0.15) is 5.75 Å². The molecule has 1 N–H and O–H groups in total. The third kappa shape index (κ3) is 7.90. The van der Waals surface area contributed by atoms with Crippen molar-refractivity contribution in [3.05, 3.63) is 59.9 Å². The largest absolute Gasteiger partial charge is 0.454 e. The fourth-order valence-corrected chi connectivity index (χ4v) is 3.59. The van der Waals surface area contributed by atoms with E-state index in [1.807, 2.05) is 24.3 Å². The summed E-state index contributed by atoms with van der Waals surface area (Å²) in [6, 6.07) is 14.1. The third-order valence-corrected chi connectivity index (χ3v) is 5.27. The lowest BCUT2D eigenvalue weighted by molar-refractivity contribution is 0.00989. The summed E-state index contributed by atoms with van der Waals surface area (Å²) in [5.41, 5.74) is 0.934. The number of likely N-dealkylation sites (tertiary alicyclic amines) is 1. The zero-order valence-corrected chi connectivity index (χ0v) is 21.1. The number of piperidine rings is 1. The van der Waals surface area contributed by atoms with E-state index in [1.165, 1.54) is 6.07 Å². The highest BCUT2D eigenvalue weighted by molar-refractivity contribution is 14.0. The van der Waals surface area contributed by atoms with Gasteiger partial charge in [-0.15, -0.1) is 24.0 Å². The van der Waals surface area contributed by atoms with E-state index in [2.05, 4.69) is 15.2 Å². The molecule has 2 aromatic carbocycles. The summed E-state index contributed by atoms with van der Waals surface area (Å²) < 4.78 is 30.8. The Kier molecular flexibility index (Phi) is 11.8. The topological polar surface area (TPSA) is 55.3 Å². The second-order valence-electron chi connectivity index (χ2n) is 7.44. The first-order valence-corrected chi connectivity index (χ1v) is 10.8. The van der Waals surface area contributed by atoms with Gasteiger partial charge in [-0.05, 0) is 37.5 Å². The van der Waals surface area contributed by atoms with Crippen LogP contribution in [0.5, 0.6) is 11.5 Å². The molecule has 3 rings (SSSR count). The molecule has 6 nitrogen and oxygen atoms in total. The van der Waals surface area contributed by atoms with Crippen LogP contribution in [0.4, 0.5) is 4.39 Å². The van der Waals surface area contributed by atoms with E-state index in [4.69, 9.17) is 14.2 Å². The summed E-state index contributed by atoms with van der Waals surface area (Å²) in [7, 11) is 3.50. The number of methoxy groups -OCH3 is 1. The van der Waals surface area contributed by atoms with Crippen LogP contribution < -0.4 is 10.1 Å². The Morgan fingerprint density at radius 2 is 1.75 bits per heavy atom. The molecule has 1 saturated heterocycles. The average Bonchev–Trinajstić information content (AvgIpc) is 2.80. The van der Waals surface area contributed by atoms with Crippen LogP contribution in [0.3, 0.4) is 0 Å². The maximum absolute atomic E-state index is 14.0. The van der Waals surface area contributed by atoms with Crippen molar-refractivity contribution >= 4 is 29.9 Å². The Balaban J connectivity index is 0.00000363. The fraction of sp³-hybridized carbons (Fsp3) is 0.458. The SMILES string of the molecule is CN=C(NCc1ccccc1Oc1ccccc1F)N1CCC(OCCCOC)CC1.I. The van der Waals surface area contributed by atoms with Gasteiger partial charge in [0.05, 0.1) is 6.10 Å². The Morgan fingerprint density at radius 1 is 1.06 bits per heavy atom. The average molecular weight is 557 g/mol. The highest BCUT2D eigenvalue weighted by Crippen LogP contribution is 2.27. The summed E-state index contributed by atoms with van der Waals surface area (Å²) in [5, 5.41) is 3.42. The molecule has 0 aromatic heterocycles. The lowest BCUT2D eigenvalue weighted by atomic mass is 10.1. The van der Waals surface area contributed by atoms with Gasteiger partial charge in [0.2, 0.25) is 0 Å². The molecule has 32 heavy (non-hydrogen) atoms. The molecule has 1 fully saturated rings. The van der Waals surface area contributed by atoms with Crippen LogP contribution in [0.25, 0.3) is 0 Å². The van der Waals surface area contributed by atoms with E-state index in [0.717, 1.165) is 57.1 Å². The van der Waals surface area contributed by atoms with Crippen LogP contribution in [-0.2, 0) is 16.0 Å². The molecular weight excluding hydrogens is 524 g/mol. The lowest BCUT2D eigenvalue weighted by Gasteiger charge is -2.34. The van der Waals surface area contributed by atoms with Gasteiger partial charge < -0.3 is 24.4 Å². The highest BCUT2D eigenvalue weighted by atomic mass is 127. The molecule has 1 heterocycles. The van der Waals surface area contributed by atoms with Gasteiger partial charge >= 0.3 is 0 Å². The second kappa shape index (κ2) is 14.3. The molecule has 0 amide bonds. The Morgan fingerprint density at radius 3 is 2.44 bits per heavy atom. The Bertz CT molecular complexity index is 845. The number of hydrogen-bond donors (Lipinski definition) is 1. The quantitative estimate of drug-likeness (QED) is 0.207. The summed E-state index contributed by atoms with van der Waals surface area (Å²) in [4.78, 5) is 6.68. The van der Waals surface area contributed by atoms with Gasteiger partial charge in [-0.1, -0.05) is 30.3 Å². The number of halogens is 2. The first kappa shape index (κ1) is 26.3. The maximum atomic E-state index is 14.0. The summed E-state index contributed by atoms with van der Waals surface area (Å²) in [6.45, 7) is 3.79. The van der Waals surface area contributed by atoms with Crippen molar-refractivity contribution in [2.45, 2.75) is 31.9 Å². The lowest BCUT2D eigenvalue weighted by Crippen LogP contribution is -2.46. The predicted molar refractivity (Wildman–Crippen MR) is 136 cm³/mol. The van der Waals surface area contributed by atoms with E-state index in [0.29, 0.717) is 18.4 Å². The number of guanidine groups is 1. The van der Waals surface area contributed by atoms with Gasteiger partial charge in [-0.3, -0.25) is 4.99 Å². The number of nitrogens with zero attached hydrogens (tertiary/aromatic N) is 2. The number of benzene rings is 2. The first-order chi connectivity index (χ1) is 15.2. The van der Waals surface area contributed by atoms with Crippen LogP contribution in [0.1, 0.15) is 24.8 Å². The van der Waals surface area contributed by atoms with E-state index >= 15 is 0 Å². The number of nitrogens with one attached hydrogen (secondary N) is 1. The van der Waals surface area contributed by atoms with Crippen LogP contribution in [0, 0.1) is 5.82 Å². The molecule has 1 aliphatic rings. The molecule has 176 valence electrons. The first-order valence-electron chi connectivity index (χ1n) is 10.8. The normalized spacial score (nSPS) is 14.7. The monoisotopic (exact) mass is 557 g/mol. The van der Waals surface area contributed by atoms with Crippen LogP contribution in [0.15, 0.2) is 53.5 Å². The van der Waals surface area contributed by atoms with Gasteiger partial charge in [0.25, 0.3) is 0 Å². The van der Waals surface area contributed by atoms with Crippen molar-refractivity contribution in [2.75, 3.05) is 40.5 Å². The molecule has 0 aliphatic carbocycles. The molecule has 0 radical (unpaired) electrons. The highest BCUT2D eigenvalue weighted by Gasteiger charge is 2.22. The van der Waals surface area contributed by atoms with Gasteiger partial charge in [-0.25, -0.2) is 4.39 Å². The smallest absolute Gasteiger partial charge is 0.193 e. The van der Waals surface area contributed by atoms with E-state index in [1.54, 1.807) is 32.4 Å². The fourth-order valence-electron chi connectivity index (χ4n) is 3.59. The van der Waals surface area contributed by atoms with Gasteiger partial charge in [0.15, 0.2) is 17.5 Å². The minimum absolute atomic E-state index is 0. The zero-order chi connectivity index (χ0) is 21.9. The minimum Gasteiger partial charge on any atom is -0.454 e. The van der Waals surface area contributed by atoms with Gasteiger partial charge in [-0.2, -0.15) is 0 Å². The van der Waals surface area contributed by atoms with Crippen molar-refractivity contribution in [1.29, 1.82) is 0 Å². The molecule has 0 saturated carbocycles. The van der Waals surface area contributed by atoms with E-state index < -0.39 is 0 Å². The van der Waals surface area contributed by atoms with Crippen molar-refractivity contribution in [2.24, 2.45) is 4.99 Å². The number of rotatable bonds is 9. The van der Waals surface area contributed by atoms with Crippen molar-refractivity contribution in [1.82, 2.24) is 10.2 Å². The predicted octanol–water partition coefficient (Wildman–Crippen LogP) is 4.83. The molecule has 0 unspecified atom stereocenters. The van der Waals surface area contributed by atoms with E-state index in [-0.39, 0.29) is 35.5 Å². The molecule has 8 heteroatoms. The van der Waals surface area contributed by atoms with Crippen molar-refractivity contribution in [3.63, 3.8) is 0 Å². The molecule has 0 atom stereocenters. The summed E-state index contributed by atoms with van der Waals surface area (Å²) in [5.74, 6) is 1.30. The third-order valence-electron chi connectivity index (χ3n) is 5.27. The maximum Gasteiger partial charge on any atom is 0.193 e. The van der Waals surface area contributed by atoms with Crippen molar-refractivity contribution in [3.8, 4) is 11.5 Å². The van der Waals surface area contributed by atoms with Crippen LogP contribution in [0.2, 0.25) is 0 Å². The van der Waals surface area contributed by atoms with E-state index in [9.17, 15) is 4.39 Å². The minimum atomic E-state index is -0.381. The Hall–Kier alpha value is -1.91. The molecule has 1 aliphatic heterocycles. The van der Waals surface area contributed by atoms with Gasteiger partial charge in [0, 0.05) is 52.6 Å². The standard InChI is InChI=1S/C24H32FN3O3.HI/c1-26-24(28-14-12-20(13-15-28)30-17-7-16-29-2)27-18-19-8-3-5-10-22(19)31-23-11-6-4-9-21(23)25;/h3-6,8-11,20H,7,12-18H2,1-2H3,(H,26,27);1H. The molecule has 0 spiro atoms. The number of aliphatic imine (C=N–C) groups is 1. The summed E-state index contributed by atoms with van der Waals surface area (Å²) in [6.07, 6.45) is 3.16. The summed E-state index contributed by atoms with van der Waals surface area (Å²) >= 11 is 0.